The molecule has 218 valence electrons. The van der Waals surface area contributed by atoms with Crippen LogP contribution in [0.3, 0.4) is 0 Å². The van der Waals surface area contributed by atoms with E-state index in [1.807, 2.05) is 12.1 Å². The van der Waals surface area contributed by atoms with E-state index in [0.29, 0.717) is 24.2 Å². The molecule has 0 aliphatic rings. The maximum atomic E-state index is 13.0. The number of unbranched alkanes of at least 4 members (excludes halogenated alkanes) is 8. The highest BCUT2D eigenvalue weighted by molar-refractivity contribution is 6.07. The van der Waals surface area contributed by atoms with Crippen LogP contribution in [0.2, 0.25) is 0 Å². The van der Waals surface area contributed by atoms with Gasteiger partial charge in [-0.25, -0.2) is 0 Å². The van der Waals surface area contributed by atoms with Crippen molar-refractivity contribution >= 4 is 11.8 Å². The third-order valence-electron chi connectivity index (χ3n) is 7.16. The minimum atomic E-state index is -0.168. The van der Waals surface area contributed by atoms with Crippen LogP contribution in [0.25, 0.3) is 0 Å². The molecule has 0 saturated carbocycles. The Morgan fingerprint density at radius 2 is 0.842 bits per heavy atom. The van der Waals surface area contributed by atoms with Crippen molar-refractivity contribution in [1.82, 2.24) is 20.4 Å². The van der Waals surface area contributed by atoms with Crippen LogP contribution in [0.15, 0.2) is 24.3 Å². The molecule has 6 nitrogen and oxygen atoms in total. The highest BCUT2D eigenvalue weighted by Gasteiger charge is 2.17. The van der Waals surface area contributed by atoms with E-state index >= 15 is 0 Å². The molecular formula is C32H58N4O2. The molecule has 0 saturated heterocycles. The van der Waals surface area contributed by atoms with Gasteiger partial charge in [0.05, 0.1) is 11.1 Å². The van der Waals surface area contributed by atoms with Crippen LogP contribution in [-0.4, -0.2) is 74.0 Å². The highest BCUT2D eigenvalue weighted by atomic mass is 16.2. The lowest BCUT2D eigenvalue weighted by Gasteiger charge is -2.23. The molecule has 0 aromatic heterocycles. The Morgan fingerprint density at radius 1 is 0.526 bits per heavy atom. The minimum Gasteiger partial charge on any atom is -0.351 e. The Labute approximate surface area is 234 Å². The molecule has 6 heteroatoms. The number of carbonyl (C=O) groups is 2. The van der Waals surface area contributed by atoms with E-state index in [0.717, 1.165) is 39.3 Å². The van der Waals surface area contributed by atoms with E-state index in [-0.39, 0.29) is 11.8 Å². The Balaban J connectivity index is 2.61. The normalized spacial score (nSPS) is 11.3. The first-order chi connectivity index (χ1) is 18.6. The maximum Gasteiger partial charge on any atom is 0.252 e. The van der Waals surface area contributed by atoms with Crippen LogP contribution in [0, 0.1) is 0 Å². The summed E-state index contributed by atoms with van der Waals surface area (Å²) in [6, 6.07) is 7.17. The molecule has 0 bridgehead atoms. The lowest BCUT2D eigenvalue weighted by molar-refractivity contribution is 0.0913. The highest BCUT2D eigenvalue weighted by Crippen LogP contribution is 2.09. The van der Waals surface area contributed by atoms with Gasteiger partial charge in [0.2, 0.25) is 0 Å². The van der Waals surface area contributed by atoms with E-state index in [2.05, 4.69) is 48.1 Å². The summed E-state index contributed by atoms with van der Waals surface area (Å²) in [6.07, 6.45) is 14.7. The second kappa shape index (κ2) is 23.0. The van der Waals surface area contributed by atoms with Gasteiger partial charge >= 0.3 is 0 Å². The third-order valence-corrected chi connectivity index (χ3v) is 7.16. The summed E-state index contributed by atoms with van der Waals surface area (Å²) in [5.74, 6) is -0.336. The van der Waals surface area contributed by atoms with Gasteiger partial charge in [-0.1, -0.05) is 91.2 Å². The van der Waals surface area contributed by atoms with Crippen LogP contribution in [0.4, 0.5) is 0 Å². The van der Waals surface area contributed by atoms with Crippen molar-refractivity contribution in [3.63, 3.8) is 0 Å². The average molecular weight is 531 g/mol. The number of carbonyl (C=O) groups excluding carboxylic acids is 2. The lowest BCUT2D eigenvalue weighted by Crippen LogP contribution is -2.38. The zero-order valence-corrected chi connectivity index (χ0v) is 25.2. The molecular weight excluding hydrogens is 472 g/mol. The Morgan fingerprint density at radius 3 is 1.13 bits per heavy atom. The molecule has 1 aromatic rings. The zero-order valence-electron chi connectivity index (χ0n) is 25.2. The van der Waals surface area contributed by atoms with Gasteiger partial charge in [0.1, 0.15) is 0 Å². The molecule has 38 heavy (non-hydrogen) atoms. The molecule has 2 amide bonds. The number of hydrogen-bond acceptors (Lipinski definition) is 4. The lowest BCUT2D eigenvalue weighted by atomic mass is 10.1. The summed E-state index contributed by atoms with van der Waals surface area (Å²) in [5, 5.41) is 6.14. The Kier molecular flexibility index (Phi) is 20.7. The minimum absolute atomic E-state index is 0.168. The standard InChI is InChI=1S/C32H58N4O2/c1-5-9-15-23-35(24-16-10-6-2)27-21-33-31(37)29-19-13-14-20-30(29)32(38)34-22-28-36(25-17-11-7-3)26-18-12-8-4/h13-14,19-20H,5-12,15-18,21-28H2,1-4H3,(H,33,37)(H,34,38). The van der Waals surface area contributed by atoms with Crippen LogP contribution in [0.1, 0.15) is 125 Å². The van der Waals surface area contributed by atoms with Gasteiger partial charge in [-0.15, -0.1) is 0 Å². The van der Waals surface area contributed by atoms with Crippen molar-refractivity contribution in [1.29, 1.82) is 0 Å². The van der Waals surface area contributed by atoms with Crippen molar-refractivity contribution in [2.75, 3.05) is 52.4 Å². The number of benzene rings is 1. The molecule has 0 fully saturated rings. The quantitative estimate of drug-likeness (QED) is 0.150. The van der Waals surface area contributed by atoms with Gasteiger partial charge in [0.15, 0.2) is 0 Å². The molecule has 1 rings (SSSR count). The van der Waals surface area contributed by atoms with E-state index in [1.54, 1.807) is 12.1 Å². The van der Waals surface area contributed by atoms with Crippen LogP contribution in [-0.2, 0) is 0 Å². The second-order valence-electron chi connectivity index (χ2n) is 10.6. The van der Waals surface area contributed by atoms with E-state index < -0.39 is 0 Å². The number of nitrogens with one attached hydrogen (secondary N) is 2. The van der Waals surface area contributed by atoms with Crippen molar-refractivity contribution in [3.05, 3.63) is 35.4 Å². The van der Waals surface area contributed by atoms with Crippen LogP contribution in [0.5, 0.6) is 0 Å². The monoisotopic (exact) mass is 530 g/mol. The van der Waals surface area contributed by atoms with Crippen molar-refractivity contribution in [3.8, 4) is 0 Å². The summed E-state index contributed by atoms with van der Waals surface area (Å²) in [4.78, 5) is 31.0. The summed E-state index contributed by atoms with van der Waals surface area (Å²) >= 11 is 0. The fraction of sp³-hybridized carbons (Fsp3) is 0.750. The summed E-state index contributed by atoms with van der Waals surface area (Å²) in [6.45, 7) is 16.1. The average Bonchev–Trinajstić information content (AvgIpc) is 2.92. The Hall–Kier alpha value is -1.92. The molecule has 0 heterocycles. The van der Waals surface area contributed by atoms with Gasteiger partial charge < -0.3 is 20.4 Å². The SMILES string of the molecule is CCCCCN(CCCCC)CCNC(=O)c1ccccc1C(=O)NCCN(CCCCC)CCCCC. The first-order valence-corrected chi connectivity index (χ1v) is 15.7. The number of amides is 2. The predicted molar refractivity (Wildman–Crippen MR) is 162 cm³/mol. The number of hydrogen-bond donors (Lipinski definition) is 2. The molecule has 1 aromatic carbocycles. The fourth-order valence-corrected chi connectivity index (χ4v) is 4.74. The topological polar surface area (TPSA) is 64.7 Å². The van der Waals surface area contributed by atoms with Crippen molar-refractivity contribution < 1.29 is 9.59 Å². The molecule has 0 aliphatic carbocycles. The Bertz CT molecular complexity index is 659. The van der Waals surface area contributed by atoms with E-state index in [9.17, 15) is 9.59 Å². The van der Waals surface area contributed by atoms with Gasteiger partial charge in [0, 0.05) is 26.2 Å². The van der Waals surface area contributed by atoms with Crippen LogP contribution >= 0.6 is 0 Å². The predicted octanol–water partition coefficient (Wildman–Crippen LogP) is 6.51. The van der Waals surface area contributed by atoms with Crippen LogP contribution < -0.4 is 10.6 Å². The molecule has 0 radical (unpaired) electrons. The molecule has 2 N–H and O–H groups in total. The zero-order chi connectivity index (χ0) is 27.8. The molecule has 0 atom stereocenters. The van der Waals surface area contributed by atoms with Gasteiger partial charge in [0.25, 0.3) is 11.8 Å². The molecule has 0 spiro atoms. The maximum absolute atomic E-state index is 13.0. The molecule has 0 unspecified atom stereocenters. The second-order valence-corrected chi connectivity index (χ2v) is 10.6. The summed E-state index contributed by atoms with van der Waals surface area (Å²) in [5.41, 5.74) is 0.910. The first kappa shape index (κ1) is 34.1. The van der Waals surface area contributed by atoms with Gasteiger partial charge in [-0.3, -0.25) is 9.59 Å². The van der Waals surface area contributed by atoms with Gasteiger partial charge in [-0.05, 0) is 64.0 Å². The summed E-state index contributed by atoms with van der Waals surface area (Å²) in [7, 11) is 0. The number of nitrogens with zero attached hydrogens (tertiary/aromatic N) is 2. The fourth-order valence-electron chi connectivity index (χ4n) is 4.74. The third kappa shape index (κ3) is 15.5. The van der Waals surface area contributed by atoms with Crippen molar-refractivity contribution in [2.45, 2.75) is 105 Å². The van der Waals surface area contributed by atoms with E-state index in [4.69, 9.17) is 0 Å². The first-order valence-electron chi connectivity index (χ1n) is 15.7. The molecule has 0 aliphatic heterocycles. The van der Waals surface area contributed by atoms with Crippen molar-refractivity contribution in [2.24, 2.45) is 0 Å². The van der Waals surface area contributed by atoms with Gasteiger partial charge in [-0.2, -0.15) is 0 Å². The number of rotatable bonds is 24. The van der Waals surface area contributed by atoms with E-state index in [1.165, 1.54) is 77.0 Å². The smallest absolute Gasteiger partial charge is 0.252 e. The largest absolute Gasteiger partial charge is 0.351 e. The summed E-state index contributed by atoms with van der Waals surface area (Å²) < 4.78 is 0.